The van der Waals surface area contributed by atoms with Crippen molar-refractivity contribution in [3.63, 3.8) is 0 Å². The van der Waals surface area contributed by atoms with Crippen molar-refractivity contribution >= 4 is 18.6 Å². The van der Waals surface area contributed by atoms with Crippen molar-refractivity contribution in [1.82, 2.24) is 0 Å². The predicted octanol–water partition coefficient (Wildman–Crippen LogP) is -0.125. The predicted molar refractivity (Wildman–Crippen MR) is 60.1 cm³/mol. The Balaban J connectivity index is 0.00000289. The number of carbonyl (C=O) groups excluding carboxylic acids is 1. The first-order valence-corrected chi connectivity index (χ1v) is 5.05. The van der Waals surface area contributed by atoms with Gasteiger partial charge in [0.25, 0.3) is 0 Å². The van der Waals surface area contributed by atoms with E-state index in [9.17, 15) is 17.7 Å². The smallest absolute Gasteiger partial charge is 0.497 e. The van der Waals surface area contributed by atoms with E-state index in [1.807, 2.05) is 0 Å². The number of hydrogen-bond acceptors (Lipinski definition) is 2. The van der Waals surface area contributed by atoms with Crippen LogP contribution < -0.4 is 61.4 Å². The Hall–Kier alpha value is -0.0187. The summed E-state index contributed by atoms with van der Waals surface area (Å²) in [4.78, 5) is 11.2. The molecule has 0 saturated carbocycles. The maximum atomic E-state index is 11.9. The first kappa shape index (κ1) is 18.0. The fourth-order valence-electron chi connectivity index (χ4n) is 1.19. The molecule has 18 heavy (non-hydrogen) atoms. The van der Waals surface area contributed by atoms with Crippen LogP contribution in [0.4, 0.5) is 18.6 Å². The van der Waals surface area contributed by atoms with E-state index in [0.717, 1.165) is 0 Å². The van der Waals surface area contributed by atoms with Gasteiger partial charge in [-0.25, -0.2) is 0 Å². The summed E-state index contributed by atoms with van der Waals surface area (Å²) in [5, 5.41) is 2.38. The van der Waals surface area contributed by atoms with Gasteiger partial charge in [-0.15, -0.1) is 0 Å². The van der Waals surface area contributed by atoms with Crippen molar-refractivity contribution in [3.8, 4) is 5.75 Å². The van der Waals surface area contributed by atoms with E-state index in [0.29, 0.717) is 11.4 Å². The molecule has 94 valence electrons. The van der Waals surface area contributed by atoms with Gasteiger partial charge in [0.15, 0.2) is 0 Å². The topological polar surface area (TPSA) is 38.3 Å². The summed E-state index contributed by atoms with van der Waals surface area (Å²) < 4.78 is 40.7. The molecular weight excluding hydrogens is 273 g/mol. The number of hydrogen-bond donors (Lipinski definition) is 1. The fraction of sp³-hybridized carbons (Fsp3) is 0.300. The Morgan fingerprint density at radius 1 is 1.28 bits per heavy atom. The van der Waals surface area contributed by atoms with Gasteiger partial charge in [-0.3, -0.25) is 4.79 Å². The molecule has 1 rings (SSSR count). The molecule has 1 amide bonds. The summed E-state index contributed by atoms with van der Waals surface area (Å²) in [6.45, 7) is -4.90. The Morgan fingerprint density at radius 3 is 2.28 bits per heavy atom. The molecule has 0 atom stereocenters. The summed E-state index contributed by atoms with van der Waals surface area (Å²) in [7, 11) is 1.50. The Kier molecular flexibility index (Phi) is 8.20. The number of nitrogens with one attached hydrogen (secondary N) is 1. The van der Waals surface area contributed by atoms with Crippen molar-refractivity contribution in [2.75, 3.05) is 12.4 Å². The average Bonchev–Trinajstić information content (AvgIpc) is 2.27. The normalized spacial score (nSPS) is 10.4. The minimum Gasteiger partial charge on any atom is -0.497 e. The van der Waals surface area contributed by atoms with Crippen LogP contribution in [0.3, 0.4) is 0 Å². The maximum Gasteiger partial charge on any atom is 1.00 e. The quantitative estimate of drug-likeness (QED) is 0.766. The molecule has 0 heterocycles. The number of ether oxygens (including phenoxy) is 1. The van der Waals surface area contributed by atoms with E-state index in [1.165, 1.54) is 7.11 Å². The van der Waals surface area contributed by atoms with Gasteiger partial charge in [-0.1, -0.05) is 6.32 Å². The molecule has 0 aliphatic carbocycles. The largest absolute Gasteiger partial charge is 1.00 e. The second kappa shape index (κ2) is 8.21. The van der Waals surface area contributed by atoms with Crippen LogP contribution in [0.25, 0.3) is 0 Å². The van der Waals surface area contributed by atoms with E-state index >= 15 is 0 Å². The molecule has 0 aliphatic rings. The molecule has 0 radical (unpaired) electrons. The number of amides is 1. The summed E-state index contributed by atoms with van der Waals surface area (Å²) in [6, 6.07) is 6.36. The van der Waals surface area contributed by atoms with E-state index in [1.54, 1.807) is 24.3 Å². The minimum atomic E-state index is -4.90. The van der Waals surface area contributed by atoms with Crippen LogP contribution in [0.5, 0.6) is 5.75 Å². The first-order chi connectivity index (χ1) is 7.90. The summed E-state index contributed by atoms with van der Waals surface area (Å²) >= 11 is 0. The Labute approximate surface area is 146 Å². The van der Waals surface area contributed by atoms with Gasteiger partial charge in [0.05, 0.1) is 7.11 Å². The van der Waals surface area contributed by atoms with Crippen LogP contribution in [0, 0.1) is 0 Å². The molecular formula is C10H12BF3KNO2. The number of methoxy groups -OCH3 is 1. The van der Waals surface area contributed by atoms with E-state index in [4.69, 9.17) is 4.74 Å². The van der Waals surface area contributed by atoms with E-state index in [2.05, 4.69) is 5.32 Å². The van der Waals surface area contributed by atoms with Gasteiger partial charge < -0.3 is 23.0 Å². The summed E-state index contributed by atoms with van der Waals surface area (Å²) in [6.07, 6.45) is -1.60. The van der Waals surface area contributed by atoms with Crippen LogP contribution >= 0.6 is 0 Å². The molecule has 3 nitrogen and oxygen atoms in total. The molecule has 0 unspecified atom stereocenters. The number of benzene rings is 1. The molecule has 0 aromatic heterocycles. The molecule has 0 spiro atoms. The van der Waals surface area contributed by atoms with E-state index in [-0.39, 0.29) is 51.4 Å². The number of rotatable bonds is 5. The third-order valence-corrected chi connectivity index (χ3v) is 2.07. The van der Waals surface area contributed by atoms with Crippen LogP contribution in [0.1, 0.15) is 6.42 Å². The monoisotopic (exact) mass is 285 g/mol. The minimum absolute atomic E-state index is 0. The van der Waals surface area contributed by atoms with Crippen molar-refractivity contribution < 1.29 is 73.9 Å². The molecule has 8 heteroatoms. The van der Waals surface area contributed by atoms with Crippen LogP contribution in [0.2, 0.25) is 6.32 Å². The third kappa shape index (κ3) is 7.42. The van der Waals surface area contributed by atoms with Crippen molar-refractivity contribution in [2.45, 2.75) is 12.7 Å². The van der Waals surface area contributed by atoms with Gasteiger partial charge in [0, 0.05) is 12.1 Å². The van der Waals surface area contributed by atoms with Crippen LogP contribution in [-0.4, -0.2) is 20.0 Å². The molecule has 0 aliphatic heterocycles. The average molecular weight is 285 g/mol. The zero-order chi connectivity index (χ0) is 12.9. The van der Waals surface area contributed by atoms with Gasteiger partial charge in [0.2, 0.25) is 5.91 Å². The SMILES string of the molecule is COc1ccc(NC(=O)CC[B-](F)(F)F)cc1.[K+]. The maximum absolute atomic E-state index is 11.9. The van der Waals surface area contributed by atoms with Crippen LogP contribution in [0.15, 0.2) is 24.3 Å². The zero-order valence-electron chi connectivity index (χ0n) is 10.3. The number of carbonyl (C=O) groups is 1. The fourth-order valence-corrected chi connectivity index (χ4v) is 1.19. The molecule has 0 saturated heterocycles. The summed E-state index contributed by atoms with van der Waals surface area (Å²) in [5.74, 6) is -0.0315. The molecule has 0 fully saturated rings. The van der Waals surface area contributed by atoms with Crippen LogP contribution in [-0.2, 0) is 4.79 Å². The number of halogens is 3. The van der Waals surface area contributed by atoms with E-state index < -0.39 is 25.6 Å². The number of anilines is 1. The third-order valence-electron chi connectivity index (χ3n) is 2.07. The molecule has 1 aromatic rings. The van der Waals surface area contributed by atoms with Crippen molar-refractivity contribution in [3.05, 3.63) is 24.3 Å². The standard InChI is InChI=1S/C10H12BF3NO2.K/c1-17-9-4-2-8(3-5-9)15-10(16)6-7-11(12,13)14;/h2-5H,6-7H2,1H3,(H,15,16);/q-1;+1. The summed E-state index contributed by atoms with van der Waals surface area (Å²) in [5.41, 5.74) is 0.450. The van der Waals surface area contributed by atoms with Crippen molar-refractivity contribution in [2.24, 2.45) is 0 Å². The second-order valence-corrected chi connectivity index (χ2v) is 3.53. The van der Waals surface area contributed by atoms with Gasteiger partial charge in [0.1, 0.15) is 5.75 Å². The van der Waals surface area contributed by atoms with Crippen molar-refractivity contribution in [1.29, 1.82) is 0 Å². The van der Waals surface area contributed by atoms with Gasteiger partial charge in [-0.05, 0) is 24.3 Å². The Bertz CT molecular complexity index is 384. The first-order valence-electron chi connectivity index (χ1n) is 5.05. The molecule has 1 aromatic carbocycles. The second-order valence-electron chi connectivity index (χ2n) is 3.53. The van der Waals surface area contributed by atoms with Gasteiger partial charge >= 0.3 is 58.4 Å². The molecule has 1 N–H and O–H groups in total. The Morgan fingerprint density at radius 2 is 1.83 bits per heavy atom. The molecule has 0 bridgehead atoms. The van der Waals surface area contributed by atoms with Gasteiger partial charge in [-0.2, -0.15) is 0 Å². The zero-order valence-corrected chi connectivity index (χ0v) is 13.4.